The van der Waals surface area contributed by atoms with Gasteiger partial charge in [-0.3, -0.25) is 4.79 Å². The van der Waals surface area contributed by atoms with Crippen LogP contribution in [0.25, 0.3) is 0 Å². The molecular formula is C15H24N2O3. The number of rotatable bonds is 6. The van der Waals surface area contributed by atoms with Crippen LogP contribution in [-0.2, 0) is 0 Å². The van der Waals surface area contributed by atoms with E-state index in [0.29, 0.717) is 24.6 Å². The highest BCUT2D eigenvalue weighted by molar-refractivity contribution is 5.94. The Morgan fingerprint density at radius 2 is 1.80 bits per heavy atom. The number of hydrogen-bond donors (Lipinski definition) is 2. The minimum Gasteiger partial charge on any atom is -0.504 e. The van der Waals surface area contributed by atoms with Gasteiger partial charge in [0.1, 0.15) is 0 Å². The summed E-state index contributed by atoms with van der Waals surface area (Å²) in [5, 5.41) is 18.8. The second-order valence-electron chi connectivity index (χ2n) is 5.65. The monoisotopic (exact) mass is 280 g/mol. The van der Waals surface area contributed by atoms with Gasteiger partial charge in [0.15, 0.2) is 11.5 Å². The van der Waals surface area contributed by atoms with Crippen molar-refractivity contribution in [3.63, 3.8) is 0 Å². The maximum atomic E-state index is 12.5. The summed E-state index contributed by atoms with van der Waals surface area (Å²) in [5.41, 5.74) is 0.389. The molecule has 0 radical (unpaired) electrons. The molecule has 0 fully saturated rings. The quantitative estimate of drug-likeness (QED) is 0.779. The molecule has 1 amide bonds. The van der Waals surface area contributed by atoms with Gasteiger partial charge in [0, 0.05) is 25.2 Å². The molecule has 0 saturated heterocycles. The lowest BCUT2D eigenvalue weighted by Gasteiger charge is -2.26. The van der Waals surface area contributed by atoms with Crippen LogP contribution in [0.3, 0.4) is 0 Å². The first kappa shape index (κ1) is 16.3. The number of phenols is 2. The minimum atomic E-state index is -0.270. The molecule has 5 heteroatoms. The van der Waals surface area contributed by atoms with Crippen LogP contribution in [-0.4, -0.2) is 59.6 Å². The molecular weight excluding hydrogens is 256 g/mol. The van der Waals surface area contributed by atoms with Crippen molar-refractivity contribution in [1.82, 2.24) is 9.80 Å². The highest BCUT2D eigenvalue weighted by Crippen LogP contribution is 2.25. The van der Waals surface area contributed by atoms with Crippen LogP contribution in [0.1, 0.15) is 24.2 Å². The van der Waals surface area contributed by atoms with Gasteiger partial charge in [-0.05, 0) is 38.2 Å². The molecule has 0 atom stereocenters. The van der Waals surface area contributed by atoms with E-state index in [9.17, 15) is 15.0 Å². The molecule has 0 saturated carbocycles. The molecule has 1 aromatic rings. The summed E-state index contributed by atoms with van der Waals surface area (Å²) in [7, 11) is 3.93. The van der Waals surface area contributed by atoms with Gasteiger partial charge in [-0.2, -0.15) is 0 Å². The molecule has 1 rings (SSSR count). The lowest BCUT2D eigenvalue weighted by Crippen LogP contribution is -2.38. The van der Waals surface area contributed by atoms with E-state index in [1.165, 1.54) is 18.2 Å². The molecule has 0 heterocycles. The average Bonchev–Trinajstić information content (AvgIpc) is 2.36. The summed E-state index contributed by atoms with van der Waals surface area (Å²) < 4.78 is 0. The van der Waals surface area contributed by atoms with Crippen molar-refractivity contribution in [3.8, 4) is 11.5 Å². The van der Waals surface area contributed by atoms with Gasteiger partial charge < -0.3 is 20.0 Å². The first-order chi connectivity index (χ1) is 9.31. The first-order valence-electron chi connectivity index (χ1n) is 6.77. The highest BCUT2D eigenvalue weighted by atomic mass is 16.3. The number of likely N-dealkylation sites (N-methyl/N-ethyl adjacent to an activating group) is 1. The predicted molar refractivity (Wildman–Crippen MR) is 79.1 cm³/mol. The first-order valence-corrected chi connectivity index (χ1v) is 6.77. The van der Waals surface area contributed by atoms with Gasteiger partial charge in [-0.1, -0.05) is 13.8 Å². The van der Waals surface area contributed by atoms with Crippen LogP contribution in [0.2, 0.25) is 0 Å². The molecule has 0 aliphatic heterocycles. The smallest absolute Gasteiger partial charge is 0.254 e. The van der Waals surface area contributed by atoms with Gasteiger partial charge in [0.05, 0.1) is 0 Å². The van der Waals surface area contributed by atoms with Crippen molar-refractivity contribution in [1.29, 1.82) is 0 Å². The molecule has 112 valence electrons. The third-order valence-corrected chi connectivity index (χ3v) is 2.91. The topological polar surface area (TPSA) is 64.0 Å². The predicted octanol–water partition coefficient (Wildman–Crippen LogP) is 1.76. The highest BCUT2D eigenvalue weighted by Gasteiger charge is 2.18. The average molecular weight is 280 g/mol. The van der Waals surface area contributed by atoms with E-state index in [-0.39, 0.29) is 17.4 Å². The number of phenolic OH excluding ortho intramolecular Hbond substituents is 2. The summed E-state index contributed by atoms with van der Waals surface area (Å²) in [6, 6.07) is 4.17. The van der Waals surface area contributed by atoms with Crippen molar-refractivity contribution >= 4 is 5.91 Å². The zero-order valence-electron chi connectivity index (χ0n) is 12.6. The molecule has 0 aliphatic rings. The minimum absolute atomic E-state index is 0.129. The third kappa shape index (κ3) is 4.74. The van der Waals surface area contributed by atoms with Crippen molar-refractivity contribution in [2.75, 3.05) is 33.7 Å². The normalized spacial score (nSPS) is 11.1. The van der Waals surface area contributed by atoms with Gasteiger partial charge in [0.25, 0.3) is 5.91 Å². The summed E-state index contributed by atoms with van der Waals surface area (Å²) in [4.78, 5) is 16.3. The lowest BCUT2D eigenvalue weighted by atomic mass is 10.1. The van der Waals surface area contributed by atoms with Crippen molar-refractivity contribution < 1.29 is 15.0 Å². The molecule has 5 nitrogen and oxygen atoms in total. The van der Waals surface area contributed by atoms with Gasteiger partial charge in [-0.25, -0.2) is 0 Å². The fourth-order valence-corrected chi connectivity index (χ4v) is 1.88. The summed E-state index contributed by atoms with van der Waals surface area (Å²) in [6.07, 6.45) is 0. The molecule has 1 aromatic carbocycles. The Hall–Kier alpha value is -1.75. The van der Waals surface area contributed by atoms with Crippen molar-refractivity contribution in [3.05, 3.63) is 23.8 Å². The number of amides is 1. The number of nitrogens with zero attached hydrogens (tertiary/aromatic N) is 2. The summed E-state index contributed by atoms with van der Waals surface area (Å²) in [6.45, 7) is 6.19. The second-order valence-corrected chi connectivity index (χ2v) is 5.65. The summed E-state index contributed by atoms with van der Waals surface area (Å²) >= 11 is 0. The zero-order valence-corrected chi connectivity index (χ0v) is 12.6. The van der Waals surface area contributed by atoms with E-state index < -0.39 is 0 Å². The number of carbonyl (C=O) groups is 1. The van der Waals surface area contributed by atoms with E-state index >= 15 is 0 Å². The molecule has 0 spiro atoms. The van der Waals surface area contributed by atoms with Crippen LogP contribution in [0, 0.1) is 5.92 Å². The fourth-order valence-electron chi connectivity index (χ4n) is 1.88. The molecule has 0 bridgehead atoms. The summed E-state index contributed by atoms with van der Waals surface area (Å²) in [5.74, 6) is -0.249. The van der Waals surface area contributed by atoms with Gasteiger partial charge in [0.2, 0.25) is 0 Å². The molecule has 0 unspecified atom stereocenters. The van der Waals surface area contributed by atoms with Crippen LogP contribution in [0.4, 0.5) is 0 Å². The Balaban J connectivity index is 2.87. The number of aromatic hydroxyl groups is 2. The molecule has 0 aliphatic carbocycles. The Bertz CT molecular complexity index is 458. The Labute approximate surface area is 120 Å². The molecule has 20 heavy (non-hydrogen) atoms. The van der Waals surface area contributed by atoms with E-state index in [1.807, 2.05) is 19.0 Å². The van der Waals surface area contributed by atoms with Crippen molar-refractivity contribution in [2.45, 2.75) is 13.8 Å². The van der Waals surface area contributed by atoms with Crippen LogP contribution < -0.4 is 0 Å². The SMILES string of the molecule is CC(C)CN(CCN(C)C)C(=O)c1ccc(O)c(O)c1. The van der Waals surface area contributed by atoms with Gasteiger partial charge in [-0.15, -0.1) is 0 Å². The standard InChI is InChI=1S/C15H24N2O3/c1-11(2)10-17(8-7-16(3)4)15(20)12-5-6-13(18)14(19)9-12/h5-6,9,11,18-19H,7-8,10H2,1-4H3. The Kier molecular flexibility index (Phi) is 5.82. The van der Waals surface area contributed by atoms with E-state index in [1.54, 1.807) is 4.90 Å². The van der Waals surface area contributed by atoms with Gasteiger partial charge >= 0.3 is 0 Å². The number of carbonyl (C=O) groups excluding carboxylic acids is 1. The molecule has 2 N–H and O–H groups in total. The zero-order chi connectivity index (χ0) is 15.3. The van der Waals surface area contributed by atoms with Crippen molar-refractivity contribution in [2.24, 2.45) is 5.92 Å². The maximum absolute atomic E-state index is 12.5. The largest absolute Gasteiger partial charge is 0.504 e. The third-order valence-electron chi connectivity index (χ3n) is 2.91. The van der Waals surface area contributed by atoms with E-state index in [0.717, 1.165) is 6.54 Å². The number of benzene rings is 1. The molecule has 0 aromatic heterocycles. The fraction of sp³-hybridized carbons (Fsp3) is 0.533. The van der Waals surface area contributed by atoms with Crippen LogP contribution in [0.5, 0.6) is 11.5 Å². The maximum Gasteiger partial charge on any atom is 0.254 e. The Morgan fingerprint density at radius 3 is 2.30 bits per heavy atom. The lowest BCUT2D eigenvalue weighted by molar-refractivity contribution is 0.0724. The Morgan fingerprint density at radius 1 is 1.15 bits per heavy atom. The van der Waals surface area contributed by atoms with E-state index in [4.69, 9.17) is 0 Å². The van der Waals surface area contributed by atoms with E-state index in [2.05, 4.69) is 13.8 Å². The second kappa shape index (κ2) is 7.14. The van der Waals surface area contributed by atoms with Crippen LogP contribution in [0.15, 0.2) is 18.2 Å². The number of hydrogen-bond acceptors (Lipinski definition) is 4. The van der Waals surface area contributed by atoms with Crippen LogP contribution >= 0.6 is 0 Å².